The van der Waals surface area contributed by atoms with Crippen molar-refractivity contribution in [3.63, 3.8) is 0 Å². The van der Waals surface area contributed by atoms with Crippen LogP contribution in [0.5, 0.6) is 0 Å². The summed E-state index contributed by atoms with van der Waals surface area (Å²) in [5.41, 5.74) is 5.44. The van der Waals surface area contributed by atoms with Gasteiger partial charge in [-0.3, -0.25) is 14.5 Å². The molecule has 0 saturated carbocycles. The number of hydrogen-bond donors (Lipinski definition) is 1. The summed E-state index contributed by atoms with van der Waals surface area (Å²) in [6.07, 6.45) is 0.509. The van der Waals surface area contributed by atoms with Crippen molar-refractivity contribution in [2.45, 2.75) is 32.4 Å². The van der Waals surface area contributed by atoms with Crippen molar-refractivity contribution in [2.75, 3.05) is 10.2 Å². The second-order valence-electron chi connectivity index (χ2n) is 8.42. The fourth-order valence-corrected chi connectivity index (χ4v) is 5.11. The van der Waals surface area contributed by atoms with Gasteiger partial charge in [-0.1, -0.05) is 77.0 Å². The number of rotatable bonds is 5. The predicted octanol–water partition coefficient (Wildman–Crippen LogP) is 5.68. The van der Waals surface area contributed by atoms with Gasteiger partial charge in [-0.2, -0.15) is 5.26 Å². The number of aryl methyl sites for hydroxylation is 3. The van der Waals surface area contributed by atoms with E-state index in [0.29, 0.717) is 22.8 Å². The first kappa shape index (κ1) is 23.3. The lowest BCUT2D eigenvalue weighted by Crippen LogP contribution is -2.30. The minimum Gasteiger partial charge on any atom is -0.321 e. The maximum atomic E-state index is 13.6. The molecule has 0 bridgehead atoms. The highest BCUT2D eigenvalue weighted by atomic mass is 32.2. The summed E-state index contributed by atoms with van der Waals surface area (Å²) in [5.74, 6) is -0.670. The molecular formula is C28H25N3O2S. The first-order valence-electron chi connectivity index (χ1n) is 11.0. The fraction of sp³-hybridized carbons (Fsp3) is 0.179. The molecule has 1 N–H and O–H groups in total. The number of anilines is 2. The van der Waals surface area contributed by atoms with Crippen molar-refractivity contribution in [1.29, 1.82) is 5.26 Å². The van der Waals surface area contributed by atoms with Gasteiger partial charge in [0.05, 0.1) is 5.25 Å². The van der Waals surface area contributed by atoms with Crippen LogP contribution in [0.25, 0.3) is 0 Å². The van der Waals surface area contributed by atoms with Gasteiger partial charge in [0.25, 0.3) is 5.91 Å². The molecule has 1 aliphatic rings. The third-order valence-electron chi connectivity index (χ3n) is 5.61. The van der Waals surface area contributed by atoms with Crippen LogP contribution < -0.4 is 10.2 Å². The van der Waals surface area contributed by atoms with Crippen LogP contribution in [0.2, 0.25) is 0 Å². The van der Waals surface area contributed by atoms with Crippen LogP contribution >= 0.6 is 11.8 Å². The average Bonchev–Trinajstić information content (AvgIpc) is 3.12. The van der Waals surface area contributed by atoms with Gasteiger partial charge >= 0.3 is 0 Å². The first-order valence-corrected chi connectivity index (χ1v) is 11.9. The number of nitriles is 1. The van der Waals surface area contributed by atoms with Crippen LogP contribution in [-0.2, 0) is 16.0 Å². The van der Waals surface area contributed by atoms with Crippen molar-refractivity contribution in [2.24, 2.45) is 0 Å². The smallest absolute Gasteiger partial charge is 0.269 e. The van der Waals surface area contributed by atoms with Gasteiger partial charge in [-0.25, -0.2) is 0 Å². The highest BCUT2D eigenvalue weighted by molar-refractivity contribution is 8.05. The van der Waals surface area contributed by atoms with E-state index in [1.165, 1.54) is 16.7 Å². The third-order valence-corrected chi connectivity index (χ3v) is 6.87. The van der Waals surface area contributed by atoms with Crippen LogP contribution in [0.3, 0.4) is 0 Å². The molecule has 34 heavy (non-hydrogen) atoms. The lowest BCUT2D eigenvalue weighted by Gasteiger charge is -2.19. The average molecular weight is 468 g/mol. The predicted molar refractivity (Wildman–Crippen MR) is 137 cm³/mol. The molecule has 1 saturated heterocycles. The Bertz CT molecular complexity index is 1300. The molecule has 3 aromatic carbocycles. The number of nitrogens with zero attached hydrogens (tertiary/aromatic N) is 2. The molecule has 6 heteroatoms. The van der Waals surface area contributed by atoms with Crippen molar-refractivity contribution < 1.29 is 9.59 Å². The van der Waals surface area contributed by atoms with Crippen LogP contribution in [0, 0.1) is 32.1 Å². The Kier molecular flexibility index (Phi) is 6.85. The molecule has 170 valence electrons. The Balaban J connectivity index is 1.72. The molecule has 0 aliphatic carbocycles. The maximum absolute atomic E-state index is 13.6. The van der Waals surface area contributed by atoms with E-state index in [1.807, 2.05) is 75.4 Å². The monoisotopic (exact) mass is 467 g/mol. The second kappa shape index (κ2) is 9.98. The van der Waals surface area contributed by atoms with Gasteiger partial charge in [-0.05, 0) is 57.0 Å². The number of hydrogen-bond acceptors (Lipinski definition) is 4. The maximum Gasteiger partial charge on any atom is 0.269 e. The van der Waals surface area contributed by atoms with E-state index in [0.717, 1.165) is 22.3 Å². The summed E-state index contributed by atoms with van der Waals surface area (Å²) in [6.45, 7) is 5.94. The molecule has 0 radical (unpaired) electrons. The Morgan fingerprint density at radius 1 is 0.971 bits per heavy atom. The van der Waals surface area contributed by atoms with Crippen molar-refractivity contribution in [3.05, 3.63) is 106 Å². The van der Waals surface area contributed by atoms with E-state index in [9.17, 15) is 14.9 Å². The van der Waals surface area contributed by atoms with Crippen LogP contribution in [0.1, 0.15) is 22.3 Å². The Hall–Kier alpha value is -3.82. The lowest BCUT2D eigenvalue weighted by molar-refractivity contribution is -0.117. The third kappa shape index (κ3) is 5.05. The number of carbonyl (C=O) groups is 2. The molecule has 0 spiro atoms. The molecule has 1 atom stereocenters. The van der Waals surface area contributed by atoms with E-state index in [-0.39, 0.29) is 11.5 Å². The van der Waals surface area contributed by atoms with Crippen molar-refractivity contribution in [1.82, 2.24) is 0 Å². The molecule has 1 aliphatic heterocycles. The van der Waals surface area contributed by atoms with E-state index >= 15 is 0 Å². The van der Waals surface area contributed by atoms with Gasteiger partial charge in [0.1, 0.15) is 16.7 Å². The molecular weight excluding hydrogens is 442 g/mol. The molecule has 1 fully saturated rings. The van der Waals surface area contributed by atoms with Gasteiger partial charge < -0.3 is 5.32 Å². The van der Waals surface area contributed by atoms with Crippen LogP contribution in [-0.4, -0.2) is 17.1 Å². The molecule has 0 aromatic heterocycles. The van der Waals surface area contributed by atoms with E-state index in [4.69, 9.17) is 0 Å². The Morgan fingerprint density at radius 2 is 1.62 bits per heavy atom. The van der Waals surface area contributed by atoms with Crippen molar-refractivity contribution >= 4 is 35.0 Å². The molecule has 3 aromatic rings. The quantitative estimate of drug-likeness (QED) is 0.387. The summed E-state index contributed by atoms with van der Waals surface area (Å²) >= 11 is 1.27. The van der Waals surface area contributed by atoms with E-state index in [1.54, 1.807) is 12.1 Å². The highest BCUT2D eigenvalue weighted by Gasteiger charge is 2.40. The van der Waals surface area contributed by atoms with Gasteiger partial charge in [0.15, 0.2) is 0 Å². The zero-order chi connectivity index (χ0) is 24.2. The topological polar surface area (TPSA) is 73.2 Å². The molecule has 1 unspecified atom stereocenters. The van der Waals surface area contributed by atoms with Crippen molar-refractivity contribution in [3.8, 4) is 6.07 Å². The minimum absolute atomic E-state index is 0.0776. The van der Waals surface area contributed by atoms with Crippen LogP contribution in [0.4, 0.5) is 11.4 Å². The van der Waals surface area contributed by atoms with Gasteiger partial charge in [0, 0.05) is 11.4 Å². The summed E-state index contributed by atoms with van der Waals surface area (Å²) in [4.78, 5) is 28.2. The Morgan fingerprint density at radius 3 is 2.24 bits per heavy atom. The van der Waals surface area contributed by atoms with Gasteiger partial charge in [-0.15, -0.1) is 0 Å². The fourth-order valence-electron chi connectivity index (χ4n) is 3.80. The number of nitrogens with one attached hydrogen (secondary N) is 1. The molecule has 5 nitrogen and oxygen atoms in total. The number of amides is 2. The highest BCUT2D eigenvalue weighted by Crippen LogP contribution is 2.42. The first-order chi connectivity index (χ1) is 16.4. The summed E-state index contributed by atoms with van der Waals surface area (Å²) in [6, 6.07) is 25.0. The summed E-state index contributed by atoms with van der Waals surface area (Å²) in [5, 5.41) is 12.7. The lowest BCUT2D eigenvalue weighted by atomic mass is 10.1. The summed E-state index contributed by atoms with van der Waals surface area (Å²) in [7, 11) is 0. The molecule has 1 heterocycles. The molecule has 4 rings (SSSR count). The summed E-state index contributed by atoms with van der Waals surface area (Å²) < 4.78 is 0. The Labute approximate surface area is 204 Å². The number of carbonyl (C=O) groups excluding carboxylic acids is 2. The standard InChI is InChI=1S/C28H25N3O2S/c1-18-7-11-22(12-8-18)30-26(32)24(17-29)28-31(23-13-9-19(2)10-14-23)27(33)25(34-28)16-21-6-4-5-20(3)15-21/h4-15,25H,16H2,1-3H3,(H,30,32)/b28-24-. The zero-order valence-corrected chi connectivity index (χ0v) is 20.1. The van der Waals surface area contributed by atoms with E-state index in [2.05, 4.69) is 17.5 Å². The number of benzene rings is 3. The number of thioether (sulfide) groups is 1. The second-order valence-corrected chi connectivity index (χ2v) is 9.61. The molecule has 2 amide bonds. The largest absolute Gasteiger partial charge is 0.321 e. The van der Waals surface area contributed by atoms with E-state index < -0.39 is 11.2 Å². The SMILES string of the molecule is Cc1ccc(NC(=O)/C(C#N)=C2\SC(Cc3cccc(C)c3)C(=O)N2c2ccc(C)cc2)cc1. The normalized spacial score (nSPS) is 16.8. The minimum atomic E-state index is -0.532. The van der Waals surface area contributed by atoms with Crippen LogP contribution in [0.15, 0.2) is 83.4 Å². The zero-order valence-electron chi connectivity index (χ0n) is 19.3. The van der Waals surface area contributed by atoms with Gasteiger partial charge in [0.2, 0.25) is 5.91 Å².